The standard InChI is InChI=1S/C20H26N2O3/c1-3-4-13-5-6-14-12-19(9-7-15(25-2)8-10-19)20(16(14)11-13)17(23)21-18(24)22-20/h5-6,11,15H,3-4,7-10,12H2,1-2H3,(H2,21,22,23,24). The smallest absolute Gasteiger partial charge is 0.322 e. The van der Waals surface area contributed by atoms with Crippen molar-refractivity contribution in [3.05, 3.63) is 34.9 Å². The van der Waals surface area contributed by atoms with Gasteiger partial charge in [-0.05, 0) is 55.2 Å². The molecule has 4 rings (SSSR count). The van der Waals surface area contributed by atoms with E-state index < -0.39 is 5.54 Å². The molecule has 1 aliphatic heterocycles. The largest absolute Gasteiger partial charge is 0.381 e. The van der Waals surface area contributed by atoms with Crippen molar-refractivity contribution in [3.8, 4) is 0 Å². The lowest BCUT2D eigenvalue weighted by molar-refractivity contribution is -0.131. The lowest BCUT2D eigenvalue weighted by Crippen LogP contribution is -2.56. The third-order valence-corrected chi connectivity index (χ3v) is 6.53. The Morgan fingerprint density at radius 2 is 2.00 bits per heavy atom. The van der Waals surface area contributed by atoms with Crippen molar-refractivity contribution in [2.24, 2.45) is 5.41 Å². The van der Waals surface area contributed by atoms with E-state index in [-0.39, 0.29) is 23.5 Å². The topological polar surface area (TPSA) is 67.4 Å². The highest BCUT2D eigenvalue weighted by Gasteiger charge is 2.66. The number of fused-ring (bicyclic) bond motifs is 3. The molecule has 134 valence electrons. The third-order valence-electron chi connectivity index (χ3n) is 6.53. The highest BCUT2D eigenvalue weighted by atomic mass is 16.5. The molecule has 1 aromatic rings. The van der Waals surface area contributed by atoms with Crippen LogP contribution < -0.4 is 10.6 Å². The predicted molar refractivity (Wildman–Crippen MR) is 94.2 cm³/mol. The molecule has 25 heavy (non-hydrogen) atoms. The van der Waals surface area contributed by atoms with E-state index in [1.165, 1.54) is 11.1 Å². The van der Waals surface area contributed by atoms with Crippen LogP contribution in [0.2, 0.25) is 0 Å². The van der Waals surface area contributed by atoms with Gasteiger partial charge in [-0.2, -0.15) is 0 Å². The average Bonchev–Trinajstić information content (AvgIpc) is 3.05. The highest BCUT2D eigenvalue weighted by molar-refractivity contribution is 6.08. The minimum atomic E-state index is -0.915. The lowest BCUT2D eigenvalue weighted by atomic mass is 9.61. The van der Waals surface area contributed by atoms with Crippen LogP contribution >= 0.6 is 0 Å². The van der Waals surface area contributed by atoms with Crippen LogP contribution in [0.5, 0.6) is 0 Å². The fourth-order valence-electron chi connectivity index (χ4n) is 5.30. The zero-order chi connectivity index (χ0) is 17.7. The third kappa shape index (κ3) is 2.25. The predicted octanol–water partition coefficient (Wildman–Crippen LogP) is 2.81. The van der Waals surface area contributed by atoms with Gasteiger partial charge in [-0.25, -0.2) is 4.79 Å². The van der Waals surface area contributed by atoms with Crippen LogP contribution in [0.3, 0.4) is 0 Å². The van der Waals surface area contributed by atoms with Crippen LogP contribution in [0, 0.1) is 5.41 Å². The first-order chi connectivity index (χ1) is 12.0. The summed E-state index contributed by atoms with van der Waals surface area (Å²) in [6.45, 7) is 2.15. The van der Waals surface area contributed by atoms with E-state index in [1.54, 1.807) is 7.11 Å². The molecule has 1 atom stereocenters. The normalized spacial score (nSPS) is 33.6. The van der Waals surface area contributed by atoms with Crippen LogP contribution in [0.1, 0.15) is 55.7 Å². The second kappa shape index (κ2) is 5.84. The van der Waals surface area contributed by atoms with E-state index in [0.717, 1.165) is 50.5 Å². The van der Waals surface area contributed by atoms with E-state index in [4.69, 9.17) is 4.74 Å². The van der Waals surface area contributed by atoms with Gasteiger partial charge in [0.05, 0.1) is 6.10 Å². The number of nitrogens with one attached hydrogen (secondary N) is 2. The fourth-order valence-corrected chi connectivity index (χ4v) is 5.30. The second-order valence-corrected chi connectivity index (χ2v) is 7.79. The number of urea groups is 1. The number of imide groups is 1. The Balaban J connectivity index is 1.82. The zero-order valence-corrected chi connectivity index (χ0v) is 15.0. The number of amides is 3. The van der Waals surface area contributed by atoms with E-state index in [2.05, 4.69) is 35.8 Å². The molecule has 2 aliphatic carbocycles. The molecule has 1 saturated carbocycles. The van der Waals surface area contributed by atoms with Crippen LogP contribution in [-0.4, -0.2) is 25.2 Å². The Morgan fingerprint density at radius 3 is 2.60 bits per heavy atom. The van der Waals surface area contributed by atoms with Gasteiger partial charge in [0.15, 0.2) is 5.54 Å². The summed E-state index contributed by atoms with van der Waals surface area (Å²) >= 11 is 0. The molecule has 2 N–H and O–H groups in total. The Labute approximate surface area is 148 Å². The van der Waals surface area contributed by atoms with Crippen molar-refractivity contribution in [3.63, 3.8) is 0 Å². The summed E-state index contributed by atoms with van der Waals surface area (Å²) in [6, 6.07) is 6.12. The molecular weight excluding hydrogens is 316 g/mol. The first-order valence-corrected chi connectivity index (χ1v) is 9.33. The van der Waals surface area contributed by atoms with Gasteiger partial charge in [-0.15, -0.1) is 0 Å². The average molecular weight is 342 g/mol. The van der Waals surface area contributed by atoms with Crippen molar-refractivity contribution < 1.29 is 14.3 Å². The number of rotatable bonds is 3. The fraction of sp³-hybridized carbons (Fsp3) is 0.600. The van der Waals surface area contributed by atoms with Crippen molar-refractivity contribution in [2.45, 2.75) is 63.5 Å². The summed E-state index contributed by atoms with van der Waals surface area (Å²) in [5.41, 5.74) is 2.29. The van der Waals surface area contributed by atoms with E-state index in [1.807, 2.05) is 0 Å². The van der Waals surface area contributed by atoms with Crippen molar-refractivity contribution in [1.29, 1.82) is 0 Å². The van der Waals surface area contributed by atoms with Crippen molar-refractivity contribution in [2.75, 3.05) is 7.11 Å². The number of hydrogen-bond donors (Lipinski definition) is 2. The van der Waals surface area contributed by atoms with Crippen LogP contribution in [0.15, 0.2) is 18.2 Å². The van der Waals surface area contributed by atoms with E-state index >= 15 is 0 Å². The summed E-state index contributed by atoms with van der Waals surface area (Å²) in [7, 11) is 1.75. The highest BCUT2D eigenvalue weighted by Crippen LogP contribution is 2.59. The number of hydrogen-bond acceptors (Lipinski definition) is 3. The minimum Gasteiger partial charge on any atom is -0.381 e. The van der Waals surface area contributed by atoms with Gasteiger partial charge in [0.2, 0.25) is 0 Å². The molecule has 0 bridgehead atoms. The van der Waals surface area contributed by atoms with E-state index in [9.17, 15) is 9.59 Å². The molecule has 5 heteroatoms. The molecule has 1 aromatic carbocycles. The zero-order valence-electron chi connectivity index (χ0n) is 15.0. The molecule has 5 nitrogen and oxygen atoms in total. The Bertz CT molecular complexity index is 722. The van der Waals surface area contributed by atoms with E-state index in [0.29, 0.717) is 0 Å². The van der Waals surface area contributed by atoms with Gasteiger partial charge < -0.3 is 10.1 Å². The number of ether oxygens (including phenoxy) is 1. The summed E-state index contributed by atoms with van der Waals surface area (Å²) in [5, 5.41) is 5.58. The summed E-state index contributed by atoms with van der Waals surface area (Å²) < 4.78 is 5.53. The first-order valence-electron chi connectivity index (χ1n) is 9.33. The Hall–Kier alpha value is -1.88. The monoisotopic (exact) mass is 342 g/mol. The summed E-state index contributed by atoms with van der Waals surface area (Å²) in [4.78, 5) is 25.2. The maximum absolute atomic E-state index is 13.0. The summed E-state index contributed by atoms with van der Waals surface area (Å²) in [5.74, 6) is -0.180. The lowest BCUT2D eigenvalue weighted by Gasteiger charge is -2.46. The number of aryl methyl sites for hydroxylation is 1. The van der Waals surface area contributed by atoms with Gasteiger partial charge in [0.1, 0.15) is 0 Å². The molecular formula is C20H26N2O3. The SMILES string of the molecule is CCCc1ccc2c(c1)C1(NC(=O)NC1=O)C1(CCC(OC)CC1)C2. The molecule has 0 aromatic heterocycles. The van der Waals surface area contributed by atoms with Crippen molar-refractivity contribution >= 4 is 11.9 Å². The second-order valence-electron chi connectivity index (χ2n) is 7.79. The van der Waals surface area contributed by atoms with Gasteiger partial charge in [0, 0.05) is 12.5 Å². The number of carbonyl (C=O) groups excluding carboxylic acids is 2. The van der Waals surface area contributed by atoms with Crippen molar-refractivity contribution in [1.82, 2.24) is 10.6 Å². The first kappa shape index (κ1) is 16.6. The number of carbonyl (C=O) groups is 2. The van der Waals surface area contributed by atoms with Gasteiger partial charge >= 0.3 is 6.03 Å². The van der Waals surface area contributed by atoms with Gasteiger partial charge in [-0.1, -0.05) is 31.5 Å². The summed E-state index contributed by atoms with van der Waals surface area (Å²) in [6.07, 6.45) is 6.77. The maximum Gasteiger partial charge on any atom is 0.322 e. The Kier molecular flexibility index (Phi) is 3.87. The molecule has 3 amide bonds. The Morgan fingerprint density at radius 1 is 1.24 bits per heavy atom. The molecule has 3 aliphatic rings. The minimum absolute atomic E-state index is 0.180. The molecule has 1 unspecified atom stereocenters. The maximum atomic E-state index is 13.0. The quantitative estimate of drug-likeness (QED) is 0.830. The molecule has 2 spiro atoms. The number of benzene rings is 1. The molecule has 0 radical (unpaired) electrons. The van der Waals surface area contributed by atoms with Crippen LogP contribution in [-0.2, 0) is 27.9 Å². The molecule has 1 saturated heterocycles. The molecule has 1 heterocycles. The van der Waals surface area contributed by atoms with Gasteiger partial charge in [-0.3, -0.25) is 10.1 Å². The van der Waals surface area contributed by atoms with Crippen LogP contribution in [0.4, 0.5) is 4.79 Å². The molecule has 2 fully saturated rings. The van der Waals surface area contributed by atoms with Gasteiger partial charge in [0.25, 0.3) is 5.91 Å². The number of methoxy groups -OCH3 is 1. The van der Waals surface area contributed by atoms with Crippen LogP contribution in [0.25, 0.3) is 0 Å².